The van der Waals surface area contributed by atoms with E-state index in [2.05, 4.69) is 20.7 Å². The summed E-state index contributed by atoms with van der Waals surface area (Å²) in [5, 5.41) is 9.34. The predicted octanol–water partition coefficient (Wildman–Crippen LogP) is 2.31. The van der Waals surface area contributed by atoms with Crippen LogP contribution in [-0.4, -0.2) is 39.9 Å². The molecule has 5 rings (SSSR count). The van der Waals surface area contributed by atoms with Crippen LogP contribution in [0.5, 0.6) is 0 Å². The second-order valence-corrected chi connectivity index (χ2v) is 7.43. The molecule has 0 spiro atoms. The average molecular weight is 408 g/mol. The van der Waals surface area contributed by atoms with Gasteiger partial charge in [-0.15, -0.1) is 0 Å². The molecule has 2 amide bonds. The molecule has 1 saturated heterocycles. The number of hydrogen-bond donors (Lipinski definition) is 3. The number of cyclic esters (lactones) is 1. The average Bonchev–Trinajstić information content (AvgIpc) is 3.43. The van der Waals surface area contributed by atoms with Crippen LogP contribution in [0.25, 0.3) is 11.0 Å². The molecule has 154 valence electrons. The lowest BCUT2D eigenvalue weighted by atomic mass is 10.2. The van der Waals surface area contributed by atoms with Crippen LogP contribution in [0.2, 0.25) is 0 Å². The fourth-order valence-corrected chi connectivity index (χ4v) is 3.53. The lowest BCUT2D eigenvalue weighted by Gasteiger charge is -2.18. The molecule has 0 atom stereocenters. The normalized spacial score (nSPS) is 16.0. The molecule has 1 aliphatic heterocycles. The van der Waals surface area contributed by atoms with Crippen molar-refractivity contribution in [3.05, 3.63) is 40.7 Å². The van der Waals surface area contributed by atoms with Gasteiger partial charge in [-0.25, -0.2) is 9.78 Å². The van der Waals surface area contributed by atoms with Gasteiger partial charge in [0.15, 0.2) is 5.65 Å². The summed E-state index contributed by atoms with van der Waals surface area (Å²) in [6.45, 7) is 0.764. The van der Waals surface area contributed by atoms with Crippen LogP contribution in [0.4, 0.5) is 27.7 Å². The minimum atomic E-state index is -0.418. The molecule has 3 heterocycles. The number of nitrogens with zero attached hydrogens (tertiary/aromatic N) is 3. The minimum Gasteiger partial charge on any atom is -0.447 e. The number of para-hydroxylation sites is 2. The van der Waals surface area contributed by atoms with Gasteiger partial charge in [-0.3, -0.25) is 24.3 Å². The highest BCUT2D eigenvalue weighted by molar-refractivity contribution is 6.00. The number of anilines is 4. The van der Waals surface area contributed by atoms with Crippen molar-refractivity contribution in [2.75, 3.05) is 28.7 Å². The number of pyridine rings is 1. The van der Waals surface area contributed by atoms with E-state index < -0.39 is 6.09 Å². The Kier molecular flexibility index (Phi) is 4.19. The van der Waals surface area contributed by atoms with E-state index in [1.54, 1.807) is 19.2 Å². The van der Waals surface area contributed by atoms with Crippen molar-refractivity contribution in [2.45, 2.75) is 12.8 Å². The summed E-state index contributed by atoms with van der Waals surface area (Å²) in [5.41, 5.74) is 1.86. The van der Waals surface area contributed by atoms with Crippen LogP contribution in [0, 0.1) is 5.92 Å². The van der Waals surface area contributed by atoms with Crippen molar-refractivity contribution in [1.82, 2.24) is 14.8 Å². The quantitative estimate of drug-likeness (QED) is 0.596. The molecule has 30 heavy (non-hydrogen) atoms. The van der Waals surface area contributed by atoms with E-state index in [1.807, 2.05) is 18.2 Å². The molecular weight excluding hydrogens is 388 g/mol. The third-order valence-corrected chi connectivity index (χ3v) is 5.24. The van der Waals surface area contributed by atoms with Crippen LogP contribution >= 0.6 is 0 Å². The first kappa shape index (κ1) is 18.2. The van der Waals surface area contributed by atoms with Gasteiger partial charge < -0.3 is 15.4 Å². The Morgan fingerprint density at radius 3 is 2.77 bits per heavy atom. The van der Waals surface area contributed by atoms with E-state index in [-0.39, 0.29) is 17.4 Å². The molecule has 0 unspecified atom stereocenters. The monoisotopic (exact) mass is 408 g/mol. The van der Waals surface area contributed by atoms with Crippen molar-refractivity contribution in [3.8, 4) is 0 Å². The zero-order valence-electron chi connectivity index (χ0n) is 16.3. The fraction of sp³-hybridized carbons (Fsp3) is 0.300. The molecule has 2 fully saturated rings. The summed E-state index contributed by atoms with van der Waals surface area (Å²) in [6.07, 6.45) is 1.33. The van der Waals surface area contributed by atoms with E-state index >= 15 is 0 Å². The van der Waals surface area contributed by atoms with Gasteiger partial charge in [0.05, 0.1) is 23.6 Å². The van der Waals surface area contributed by atoms with Gasteiger partial charge in [-0.2, -0.15) is 0 Å². The number of aromatic amines is 1. The number of aromatic nitrogens is 3. The lowest BCUT2D eigenvalue weighted by molar-refractivity contribution is -0.117. The first-order valence-electron chi connectivity index (χ1n) is 9.72. The SMILES string of the molecule is Cn1[nH]c2nc(NC(=O)C3CC3)cc(Nc3ccccc3N3CCOC3=O)c2c1=O. The predicted molar refractivity (Wildman–Crippen MR) is 111 cm³/mol. The Hall–Kier alpha value is -3.82. The Labute approximate surface area is 170 Å². The number of hydrogen-bond acceptors (Lipinski definition) is 6. The Balaban J connectivity index is 1.57. The van der Waals surface area contributed by atoms with Crippen molar-refractivity contribution < 1.29 is 14.3 Å². The molecule has 1 aliphatic carbocycles. The highest BCUT2D eigenvalue weighted by atomic mass is 16.6. The third-order valence-electron chi connectivity index (χ3n) is 5.24. The molecule has 2 aromatic heterocycles. The number of aryl methyl sites for hydroxylation is 1. The second kappa shape index (κ2) is 6.90. The van der Waals surface area contributed by atoms with Gasteiger partial charge >= 0.3 is 6.09 Å². The summed E-state index contributed by atoms with van der Waals surface area (Å²) < 4.78 is 6.38. The summed E-state index contributed by atoms with van der Waals surface area (Å²) in [7, 11) is 1.60. The molecule has 3 N–H and O–H groups in total. The highest BCUT2D eigenvalue weighted by Gasteiger charge is 2.30. The van der Waals surface area contributed by atoms with Crippen molar-refractivity contribution >= 4 is 45.9 Å². The number of fused-ring (bicyclic) bond motifs is 1. The number of carbonyl (C=O) groups is 2. The molecule has 10 nitrogen and oxygen atoms in total. The minimum absolute atomic E-state index is 0.0237. The number of amides is 2. The Morgan fingerprint density at radius 2 is 2.03 bits per heavy atom. The number of benzene rings is 1. The molecule has 2 aliphatic rings. The molecule has 3 aromatic rings. The largest absolute Gasteiger partial charge is 0.447 e. The maximum absolute atomic E-state index is 12.7. The maximum Gasteiger partial charge on any atom is 0.414 e. The first-order chi connectivity index (χ1) is 14.5. The van der Waals surface area contributed by atoms with Gasteiger partial charge in [0, 0.05) is 19.0 Å². The molecule has 1 saturated carbocycles. The van der Waals surface area contributed by atoms with Crippen molar-refractivity contribution in [3.63, 3.8) is 0 Å². The van der Waals surface area contributed by atoms with E-state index in [0.717, 1.165) is 12.8 Å². The summed E-state index contributed by atoms with van der Waals surface area (Å²) in [5.74, 6) is 0.295. The van der Waals surface area contributed by atoms with E-state index in [0.29, 0.717) is 47.1 Å². The van der Waals surface area contributed by atoms with Crippen LogP contribution in [-0.2, 0) is 16.6 Å². The molecule has 1 aromatic carbocycles. The van der Waals surface area contributed by atoms with Crippen LogP contribution < -0.4 is 21.1 Å². The topological polar surface area (TPSA) is 121 Å². The fourth-order valence-electron chi connectivity index (χ4n) is 3.53. The Bertz CT molecular complexity index is 1230. The summed E-state index contributed by atoms with van der Waals surface area (Å²) in [4.78, 5) is 42.9. The molecule has 0 radical (unpaired) electrons. The van der Waals surface area contributed by atoms with Crippen LogP contribution in [0.1, 0.15) is 12.8 Å². The van der Waals surface area contributed by atoms with E-state index in [1.165, 1.54) is 9.58 Å². The van der Waals surface area contributed by atoms with E-state index in [9.17, 15) is 14.4 Å². The first-order valence-corrected chi connectivity index (χ1v) is 9.72. The molecule has 0 bridgehead atoms. The van der Waals surface area contributed by atoms with Gasteiger partial charge in [0.2, 0.25) is 5.91 Å². The van der Waals surface area contributed by atoms with Crippen molar-refractivity contribution in [2.24, 2.45) is 13.0 Å². The number of rotatable bonds is 5. The number of nitrogens with one attached hydrogen (secondary N) is 3. The maximum atomic E-state index is 12.7. The van der Waals surface area contributed by atoms with Gasteiger partial charge in [0.1, 0.15) is 17.8 Å². The standard InChI is InChI=1S/C20H20N6O4/c1-25-19(28)16-13(10-15(22-17(16)24-25)23-18(27)11-6-7-11)21-12-4-2-3-5-14(12)26-8-9-30-20(26)29/h2-5,10-11H,6-9H2,1H3,(H3,21,22,23,24,27). The summed E-state index contributed by atoms with van der Waals surface area (Å²) >= 11 is 0. The zero-order chi connectivity index (χ0) is 20.8. The number of ether oxygens (including phenoxy) is 1. The van der Waals surface area contributed by atoms with Gasteiger partial charge in [-0.1, -0.05) is 12.1 Å². The van der Waals surface area contributed by atoms with Gasteiger partial charge in [0.25, 0.3) is 5.56 Å². The van der Waals surface area contributed by atoms with Crippen LogP contribution in [0.15, 0.2) is 35.1 Å². The zero-order valence-corrected chi connectivity index (χ0v) is 16.3. The third kappa shape index (κ3) is 3.15. The highest BCUT2D eigenvalue weighted by Crippen LogP contribution is 2.34. The lowest BCUT2D eigenvalue weighted by Crippen LogP contribution is -2.24. The molecule has 10 heteroatoms. The smallest absolute Gasteiger partial charge is 0.414 e. The van der Waals surface area contributed by atoms with Crippen molar-refractivity contribution in [1.29, 1.82) is 0 Å². The van der Waals surface area contributed by atoms with Gasteiger partial charge in [-0.05, 0) is 25.0 Å². The van der Waals surface area contributed by atoms with Crippen LogP contribution in [0.3, 0.4) is 0 Å². The van der Waals surface area contributed by atoms with E-state index in [4.69, 9.17) is 4.74 Å². The molecular formula is C20H20N6O4. The Morgan fingerprint density at radius 1 is 1.23 bits per heavy atom. The summed E-state index contributed by atoms with van der Waals surface area (Å²) in [6, 6.07) is 8.91. The second-order valence-electron chi connectivity index (χ2n) is 7.43. The number of carbonyl (C=O) groups excluding carboxylic acids is 2. The number of H-pyrrole nitrogens is 1.